The first-order valence-electron chi connectivity index (χ1n) is 10.0. The van der Waals surface area contributed by atoms with E-state index in [-0.39, 0.29) is 11.3 Å². The van der Waals surface area contributed by atoms with E-state index in [1.165, 1.54) is 0 Å². The summed E-state index contributed by atoms with van der Waals surface area (Å²) in [7, 11) is 0. The van der Waals surface area contributed by atoms with E-state index >= 15 is 0 Å². The third kappa shape index (κ3) is 18.4. The molecule has 0 fully saturated rings. The molecule has 5 nitrogen and oxygen atoms in total. The zero-order valence-corrected chi connectivity index (χ0v) is 16.6. The van der Waals surface area contributed by atoms with Crippen molar-refractivity contribution < 1.29 is 14.8 Å². The number of aliphatic carboxylic acids is 1. The van der Waals surface area contributed by atoms with Crippen molar-refractivity contribution in [1.29, 1.82) is 0 Å². The molecule has 0 aromatic heterocycles. The van der Waals surface area contributed by atoms with Gasteiger partial charge in [0.25, 0.3) is 0 Å². The van der Waals surface area contributed by atoms with Crippen molar-refractivity contribution in [3.8, 4) is 0 Å². The van der Waals surface area contributed by atoms with Gasteiger partial charge in [-0.1, -0.05) is 62.0 Å². The molecule has 5 heteroatoms. The predicted octanol–water partition coefficient (Wildman–Crippen LogP) is 6.25. The van der Waals surface area contributed by atoms with Crippen molar-refractivity contribution in [2.24, 2.45) is 0 Å². The van der Waals surface area contributed by atoms with Gasteiger partial charge < -0.3 is 5.11 Å². The van der Waals surface area contributed by atoms with Crippen LogP contribution in [0.2, 0.25) is 0 Å². The van der Waals surface area contributed by atoms with E-state index in [4.69, 9.17) is 5.11 Å². The summed E-state index contributed by atoms with van der Waals surface area (Å²) in [5, 5.41) is 19.7. The molecule has 0 spiro atoms. The largest absolute Gasteiger partial charge is 0.481 e. The lowest BCUT2D eigenvalue weighted by atomic mass is 10.1. The monoisotopic (exact) mass is 377 g/mol. The fourth-order valence-electron chi connectivity index (χ4n) is 2.51. The van der Waals surface area contributed by atoms with E-state index < -0.39 is 12.0 Å². The number of carboxylic acids is 1. The van der Waals surface area contributed by atoms with Gasteiger partial charge in [0.1, 0.15) is 0 Å². The average Bonchev–Trinajstić information content (AvgIpc) is 2.63. The summed E-state index contributed by atoms with van der Waals surface area (Å²) >= 11 is 0. The fraction of sp³-hybridized carbons (Fsp3) is 0.591. The Bertz CT molecular complexity index is 506. The number of nitrogens with zero attached hydrogens (tertiary/aromatic N) is 1. The van der Waals surface area contributed by atoms with Gasteiger partial charge in [0.15, 0.2) is 0 Å². The number of hydrogen-bond acceptors (Lipinski definition) is 3. The highest BCUT2D eigenvalue weighted by Gasteiger charge is 2.16. The van der Waals surface area contributed by atoms with Crippen LogP contribution < -0.4 is 0 Å². The number of hydrogen-bond donors (Lipinski definition) is 1. The lowest BCUT2D eigenvalue weighted by molar-refractivity contribution is -0.522. The van der Waals surface area contributed by atoms with Gasteiger partial charge in [0.05, 0.1) is 0 Å². The molecule has 0 aliphatic carbocycles. The van der Waals surface area contributed by atoms with Gasteiger partial charge in [0.2, 0.25) is 6.04 Å². The predicted molar refractivity (Wildman–Crippen MR) is 111 cm³/mol. The molecule has 0 aliphatic rings. The van der Waals surface area contributed by atoms with Gasteiger partial charge >= 0.3 is 5.97 Å². The Balaban J connectivity index is 3.85. The first kappa shape index (κ1) is 24.8. The Hall–Kier alpha value is -2.17. The molecule has 0 saturated carbocycles. The molecule has 0 rings (SSSR count). The van der Waals surface area contributed by atoms with Crippen LogP contribution in [0.15, 0.2) is 48.6 Å². The molecule has 0 aromatic carbocycles. The second-order valence-electron chi connectivity index (χ2n) is 6.51. The van der Waals surface area contributed by atoms with Crippen molar-refractivity contribution in [2.75, 3.05) is 0 Å². The Morgan fingerprint density at radius 3 is 2.19 bits per heavy atom. The fourth-order valence-corrected chi connectivity index (χ4v) is 2.51. The quantitative estimate of drug-likeness (QED) is 0.140. The standard InChI is InChI=1S/C22H35NO4/c1-2-3-4-5-6-7-8-9-12-15-18-21(23(26)27)19-16-13-10-11-14-17-20-22(24)25/h3-4,6-7,9,12-13,16,21H,2,5,8,10-11,14-15,17-20H2,1H3,(H,24,25)/b4-3+,7-6+,12-9+,16-13+. The summed E-state index contributed by atoms with van der Waals surface area (Å²) in [6, 6.07) is -0.535. The first-order valence-corrected chi connectivity index (χ1v) is 10.0. The van der Waals surface area contributed by atoms with Gasteiger partial charge in [-0.05, 0) is 44.9 Å². The molecule has 0 bridgehead atoms. The molecular weight excluding hydrogens is 342 g/mol. The van der Waals surface area contributed by atoms with Crippen LogP contribution in [-0.2, 0) is 4.79 Å². The molecule has 0 aliphatic heterocycles. The number of carbonyl (C=O) groups is 1. The van der Waals surface area contributed by atoms with E-state index in [0.717, 1.165) is 44.9 Å². The zero-order chi connectivity index (χ0) is 20.2. The van der Waals surface area contributed by atoms with Crippen molar-refractivity contribution >= 4 is 5.97 Å². The van der Waals surface area contributed by atoms with Crippen LogP contribution in [0.5, 0.6) is 0 Å². The highest BCUT2D eigenvalue weighted by molar-refractivity contribution is 5.66. The Morgan fingerprint density at radius 1 is 0.926 bits per heavy atom. The molecule has 0 aromatic rings. The Kier molecular flexibility index (Phi) is 17.1. The summed E-state index contributed by atoms with van der Waals surface area (Å²) in [6.45, 7) is 2.11. The second kappa shape index (κ2) is 18.6. The van der Waals surface area contributed by atoms with Crippen LogP contribution in [0.25, 0.3) is 0 Å². The topological polar surface area (TPSA) is 80.4 Å². The third-order valence-electron chi connectivity index (χ3n) is 4.08. The van der Waals surface area contributed by atoms with E-state index in [1.54, 1.807) is 0 Å². The summed E-state index contributed by atoms with van der Waals surface area (Å²) in [4.78, 5) is 21.3. The maximum absolute atomic E-state index is 11.1. The smallest absolute Gasteiger partial charge is 0.303 e. The lowest BCUT2D eigenvalue weighted by Crippen LogP contribution is -2.18. The number of rotatable bonds is 17. The maximum atomic E-state index is 11.1. The summed E-state index contributed by atoms with van der Waals surface area (Å²) in [5.74, 6) is -0.756. The van der Waals surface area contributed by atoms with Gasteiger partial charge in [-0.25, -0.2) is 0 Å². The molecule has 27 heavy (non-hydrogen) atoms. The van der Waals surface area contributed by atoms with Crippen LogP contribution in [0.3, 0.4) is 0 Å². The molecular formula is C22H35NO4. The first-order chi connectivity index (χ1) is 13.1. The number of allylic oxidation sites excluding steroid dienone is 7. The average molecular weight is 378 g/mol. The van der Waals surface area contributed by atoms with E-state index in [0.29, 0.717) is 19.3 Å². The summed E-state index contributed by atoms with van der Waals surface area (Å²) in [5.41, 5.74) is 0. The SMILES string of the molecule is CC/C=C/C/C=C/C/C=C/CCC(C/C=C/CCCCCC(=O)O)[N+](=O)[O-]. The van der Waals surface area contributed by atoms with Crippen molar-refractivity contribution in [3.05, 3.63) is 58.7 Å². The van der Waals surface area contributed by atoms with Gasteiger partial charge in [-0.2, -0.15) is 0 Å². The lowest BCUT2D eigenvalue weighted by Gasteiger charge is -2.05. The second-order valence-corrected chi connectivity index (χ2v) is 6.51. The van der Waals surface area contributed by atoms with Crippen LogP contribution in [0, 0.1) is 10.1 Å². The van der Waals surface area contributed by atoms with Gasteiger partial charge in [-0.15, -0.1) is 0 Å². The highest BCUT2D eigenvalue weighted by Crippen LogP contribution is 2.10. The third-order valence-corrected chi connectivity index (χ3v) is 4.08. The molecule has 152 valence electrons. The van der Waals surface area contributed by atoms with Crippen molar-refractivity contribution in [3.63, 3.8) is 0 Å². The summed E-state index contributed by atoms with van der Waals surface area (Å²) in [6.07, 6.45) is 24.7. The minimum atomic E-state index is -0.756. The minimum absolute atomic E-state index is 0.189. The van der Waals surface area contributed by atoms with Gasteiger partial charge in [0, 0.05) is 24.2 Å². The van der Waals surface area contributed by atoms with Crippen LogP contribution in [0.1, 0.15) is 77.6 Å². The minimum Gasteiger partial charge on any atom is -0.481 e. The Morgan fingerprint density at radius 2 is 1.56 bits per heavy atom. The normalized spacial score (nSPS) is 13.4. The molecule has 0 amide bonds. The van der Waals surface area contributed by atoms with Crippen LogP contribution in [-0.4, -0.2) is 22.0 Å². The zero-order valence-electron chi connectivity index (χ0n) is 16.6. The number of unbranched alkanes of at least 4 members (excludes halogenated alkanes) is 3. The Labute approximate surface area is 163 Å². The molecule has 0 saturated heterocycles. The van der Waals surface area contributed by atoms with Crippen LogP contribution >= 0.6 is 0 Å². The van der Waals surface area contributed by atoms with Gasteiger partial charge in [-0.3, -0.25) is 14.9 Å². The number of nitro groups is 1. The number of carboxylic acid groups (broad SMARTS) is 1. The molecule has 0 radical (unpaired) electrons. The molecule has 1 unspecified atom stereocenters. The summed E-state index contributed by atoms with van der Waals surface area (Å²) < 4.78 is 0. The molecule has 1 atom stereocenters. The van der Waals surface area contributed by atoms with Crippen molar-refractivity contribution in [1.82, 2.24) is 0 Å². The van der Waals surface area contributed by atoms with E-state index in [9.17, 15) is 14.9 Å². The highest BCUT2D eigenvalue weighted by atomic mass is 16.6. The molecule has 1 N–H and O–H groups in total. The van der Waals surface area contributed by atoms with E-state index in [1.807, 2.05) is 18.2 Å². The van der Waals surface area contributed by atoms with Crippen molar-refractivity contribution in [2.45, 2.75) is 83.6 Å². The maximum Gasteiger partial charge on any atom is 0.303 e. The van der Waals surface area contributed by atoms with E-state index in [2.05, 4.69) is 37.3 Å². The van der Waals surface area contributed by atoms with Crippen LogP contribution in [0.4, 0.5) is 0 Å². The molecule has 0 heterocycles.